The monoisotopic (exact) mass is 303 g/mol. The highest BCUT2D eigenvalue weighted by Gasteiger charge is 2.31. The Kier molecular flexibility index (Phi) is 4.80. The fourth-order valence-electron chi connectivity index (χ4n) is 2.89. The first-order valence-corrected chi connectivity index (χ1v) is 7.27. The van der Waals surface area contributed by atoms with Gasteiger partial charge in [0.25, 0.3) is 0 Å². The first kappa shape index (κ1) is 16.0. The summed E-state index contributed by atoms with van der Waals surface area (Å²) in [5.74, 6) is -0.806. The van der Waals surface area contributed by atoms with Crippen LogP contribution in [0.4, 0.5) is 0 Å². The van der Waals surface area contributed by atoms with Crippen molar-refractivity contribution in [3.8, 4) is 0 Å². The first-order valence-electron chi connectivity index (χ1n) is 7.27. The smallest absolute Gasteiger partial charge is 0.237 e. The van der Waals surface area contributed by atoms with Crippen LogP contribution in [0.25, 0.3) is 0 Å². The van der Waals surface area contributed by atoms with Crippen LogP contribution in [0, 0.1) is 0 Å². The molecule has 1 aromatic rings. The summed E-state index contributed by atoms with van der Waals surface area (Å²) in [6, 6.07) is 7.56. The van der Waals surface area contributed by atoms with Gasteiger partial charge in [-0.15, -0.1) is 0 Å². The maximum absolute atomic E-state index is 12.3. The van der Waals surface area contributed by atoms with Crippen molar-refractivity contribution in [1.29, 1.82) is 0 Å². The van der Waals surface area contributed by atoms with E-state index in [1.54, 1.807) is 11.9 Å². The van der Waals surface area contributed by atoms with Gasteiger partial charge in [0.05, 0.1) is 19.0 Å². The van der Waals surface area contributed by atoms with Crippen molar-refractivity contribution in [1.82, 2.24) is 9.80 Å². The number of hydrogen-bond donors (Lipinski definition) is 1. The second kappa shape index (κ2) is 6.60. The summed E-state index contributed by atoms with van der Waals surface area (Å²) in [5.41, 5.74) is 7.29. The number of fused-ring (bicyclic) bond motifs is 1. The number of carbonyl (C=O) groups excluding carboxylic acids is 3. The minimum atomic E-state index is -0.552. The van der Waals surface area contributed by atoms with Crippen LogP contribution in [0.2, 0.25) is 0 Å². The van der Waals surface area contributed by atoms with E-state index in [4.69, 9.17) is 5.73 Å². The van der Waals surface area contributed by atoms with Crippen LogP contribution < -0.4 is 5.73 Å². The van der Waals surface area contributed by atoms with Gasteiger partial charge in [-0.05, 0) is 17.5 Å². The second-order valence-electron chi connectivity index (χ2n) is 5.60. The lowest BCUT2D eigenvalue weighted by molar-refractivity contribution is -0.138. The van der Waals surface area contributed by atoms with E-state index in [2.05, 4.69) is 0 Å². The van der Waals surface area contributed by atoms with Crippen molar-refractivity contribution < 1.29 is 14.4 Å². The molecule has 0 unspecified atom stereocenters. The second-order valence-corrected chi connectivity index (χ2v) is 5.60. The number of primary amides is 1. The molecular weight excluding hydrogens is 282 g/mol. The van der Waals surface area contributed by atoms with E-state index in [1.807, 2.05) is 24.3 Å². The van der Waals surface area contributed by atoms with E-state index in [-0.39, 0.29) is 30.8 Å². The lowest BCUT2D eigenvalue weighted by Gasteiger charge is -2.37. The Morgan fingerprint density at radius 1 is 1.32 bits per heavy atom. The molecule has 0 spiro atoms. The summed E-state index contributed by atoms with van der Waals surface area (Å²) >= 11 is 0. The third-order valence-corrected chi connectivity index (χ3v) is 4.00. The fourth-order valence-corrected chi connectivity index (χ4v) is 2.89. The highest BCUT2D eigenvalue weighted by atomic mass is 16.2. The number of nitrogens with zero attached hydrogens (tertiary/aromatic N) is 2. The number of nitrogens with two attached hydrogens (primary N) is 1. The number of hydrogen-bond acceptors (Lipinski definition) is 3. The Morgan fingerprint density at radius 2 is 2.00 bits per heavy atom. The normalized spacial score (nSPS) is 16.8. The van der Waals surface area contributed by atoms with E-state index >= 15 is 0 Å². The predicted octanol–water partition coefficient (Wildman–Crippen LogP) is 0.466. The highest BCUT2D eigenvalue weighted by molar-refractivity contribution is 5.84. The van der Waals surface area contributed by atoms with Gasteiger partial charge in [-0.25, -0.2) is 0 Å². The fraction of sp³-hybridized carbons (Fsp3) is 0.438. The average molecular weight is 303 g/mol. The molecule has 2 N–H and O–H groups in total. The zero-order chi connectivity index (χ0) is 16.3. The third kappa shape index (κ3) is 3.44. The van der Waals surface area contributed by atoms with Crippen LogP contribution in [0.15, 0.2) is 24.3 Å². The third-order valence-electron chi connectivity index (χ3n) is 4.00. The number of carbonyl (C=O) groups is 3. The maximum atomic E-state index is 12.3. The minimum absolute atomic E-state index is 0.0511. The molecule has 1 aromatic carbocycles. The van der Waals surface area contributed by atoms with E-state index in [0.717, 1.165) is 17.5 Å². The van der Waals surface area contributed by atoms with E-state index in [0.29, 0.717) is 6.54 Å². The molecule has 6 heteroatoms. The van der Waals surface area contributed by atoms with Gasteiger partial charge in [-0.1, -0.05) is 24.3 Å². The molecule has 0 aliphatic carbocycles. The van der Waals surface area contributed by atoms with E-state index < -0.39 is 5.91 Å². The quantitative estimate of drug-likeness (QED) is 0.877. The first-order chi connectivity index (χ1) is 10.4. The van der Waals surface area contributed by atoms with Gasteiger partial charge >= 0.3 is 0 Å². The summed E-state index contributed by atoms with van der Waals surface area (Å²) < 4.78 is 0. The molecule has 0 fully saturated rings. The maximum Gasteiger partial charge on any atom is 0.237 e. The summed E-state index contributed by atoms with van der Waals surface area (Å²) in [6.45, 7) is 2.00. The molecule has 118 valence electrons. The van der Waals surface area contributed by atoms with Gasteiger partial charge in [-0.3, -0.25) is 14.4 Å². The molecule has 22 heavy (non-hydrogen) atoms. The Bertz CT molecular complexity index is 600. The van der Waals surface area contributed by atoms with Gasteiger partial charge in [0.15, 0.2) is 0 Å². The van der Waals surface area contributed by atoms with E-state index in [9.17, 15) is 14.4 Å². The zero-order valence-corrected chi connectivity index (χ0v) is 12.9. The van der Waals surface area contributed by atoms with Gasteiger partial charge in [-0.2, -0.15) is 0 Å². The molecule has 2 rings (SSSR count). The molecule has 3 amide bonds. The van der Waals surface area contributed by atoms with Crippen LogP contribution in [-0.4, -0.2) is 47.7 Å². The number of benzene rings is 1. The van der Waals surface area contributed by atoms with Gasteiger partial charge < -0.3 is 15.5 Å². The standard InChI is InChI=1S/C16H21N3O3/c1-11(20)19-8-7-12-5-3-4-6-13(12)14(19)9-16(22)18(2)10-15(17)21/h3-6,14H,7-10H2,1-2H3,(H2,17,21)/t14-/m1/s1. The van der Waals surface area contributed by atoms with Crippen LogP contribution >= 0.6 is 0 Å². The van der Waals surface area contributed by atoms with Crippen LogP contribution in [0.3, 0.4) is 0 Å². The summed E-state index contributed by atoms with van der Waals surface area (Å²) in [7, 11) is 1.54. The molecule has 0 bridgehead atoms. The minimum Gasteiger partial charge on any atom is -0.368 e. The molecule has 6 nitrogen and oxygen atoms in total. The largest absolute Gasteiger partial charge is 0.368 e. The van der Waals surface area contributed by atoms with Gasteiger partial charge in [0.2, 0.25) is 17.7 Å². The van der Waals surface area contributed by atoms with Crippen molar-refractivity contribution in [3.05, 3.63) is 35.4 Å². The molecular formula is C16H21N3O3. The van der Waals surface area contributed by atoms with Crippen LogP contribution in [0.5, 0.6) is 0 Å². The van der Waals surface area contributed by atoms with Crippen molar-refractivity contribution in [2.75, 3.05) is 20.1 Å². The summed E-state index contributed by atoms with van der Waals surface area (Å²) in [5, 5.41) is 0. The Labute approximate surface area is 129 Å². The lowest BCUT2D eigenvalue weighted by Crippen LogP contribution is -2.42. The van der Waals surface area contributed by atoms with Crippen molar-refractivity contribution >= 4 is 17.7 Å². The SMILES string of the molecule is CC(=O)N1CCc2ccccc2[C@H]1CC(=O)N(C)CC(N)=O. The van der Waals surface area contributed by atoms with Crippen molar-refractivity contribution in [2.45, 2.75) is 25.8 Å². The van der Waals surface area contributed by atoms with Gasteiger partial charge in [0.1, 0.15) is 0 Å². The van der Waals surface area contributed by atoms with Crippen molar-refractivity contribution in [3.63, 3.8) is 0 Å². The predicted molar refractivity (Wildman–Crippen MR) is 81.7 cm³/mol. The average Bonchev–Trinajstić information content (AvgIpc) is 2.46. The number of likely N-dealkylation sites (N-methyl/N-ethyl adjacent to an activating group) is 1. The van der Waals surface area contributed by atoms with Crippen LogP contribution in [0.1, 0.15) is 30.5 Å². The Balaban J connectivity index is 2.23. The highest BCUT2D eigenvalue weighted by Crippen LogP contribution is 2.32. The van der Waals surface area contributed by atoms with Crippen LogP contribution in [-0.2, 0) is 20.8 Å². The molecule has 0 aromatic heterocycles. The molecule has 0 saturated heterocycles. The lowest BCUT2D eigenvalue weighted by atomic mass is 9.90. The van der Waals surface area contributed by atoms with Gasteiger partial charge in [0, 0.05) is 20.5 Å². The van der Waals surface area contributed by atoms with E-state index in [1.165, 1.54) is 11.8 Å². The van der Waals surface area contributed by atoms with Crippen molar-refractivity contribution in [2.24, 2.45) is 5.73 Å². The number of rotatable bonds is 4. The molecule has 0 saturated carbocycles. The summed E-state index contributed by atoms with van der Waals surface area (Å²) in [4.78, 5) is 38.1. The zero-order valence-electron chi connectivity index (χ0n) is 12.9. The molecule has 1 heterocycles. The molecule has 0 radical (unpaired) electrons. The number of amides is 3. The summed E-state index contributed by atoms with van der Waals surface area (Å²) in [6.07, 6.45) is 0.942. The molecule has 1 aliphatic heterocycles. The Hall–Kier alpha value is -2.37. The molecule has 1 aliphatic rings. The Morgan fingerprint density at radius 3 is 2.64 bits per heavy atom. The topological polar surface area (TPSA) is 83.7 Å². The molecule has 1 atom stereocenters.